The monoisotopic (exact) mass is 309 g/mol. The summed E-state index contributed by atoms with van der Waals surface area (Å²) in [6, 6.07) is 8.90. The maximum Gasteiger partial charge on any atom is 0.251 e. The predicted molar refractivity (Wildman–Crippen MR) is 67.4 cm³/mol. The van der Waals surface area contributed by atoms with Crippen molar-refractivity contribution in [3.8, 4) is 0 Å². The Morgan fingerprint density at radius 1 is 1.00 bits per heavy atom. The molecule has 0 aliphatic carbocycles. The van der Waals surface area contributed by atoms with Gasteiger partial charge < -0.3 is 0 Å². The normalized spacial score (nSPS) is 12.6. The Labute approximate surface area is 107 Å². The van der Waals surface area contributed by atoms with Crippen molar-refractivity contribution in [2.45, 2.75) is 3.53 Å². The van der Waals surface area contributed by atoms with Gasteiger partial charge in [0.05, 0.1) is 5.69 Å². The van der Waals surface area contributed by atoms with Crippen LogP contribution in [0, 0.1) is 0 Å². The van der Waals surface area contributed by atoms with Gasteiger partial charge in [-0.05, 0) is 12.1 Å². The van der Waals surface area contributed by atoms with Crippen LogP contribution in [0.15, 0.2) is 35.1 Å². The van der Waals surface area contributed by atoms with Gasteiger partial charge in [0.15, 0.2) is 5.76 Å². The van der Waals surface area contributed by atoms with Crippen molar-refractivity contribution < 1.29 is 0 Å². The van der Waals surface area contributed by atoms with Gasteiger partial charge in [-0.1, -0.05) is 75.5 Å². The van der Waals surface area contributed by atoms with E-state index in [-0.39, 0.29) is 0 Å². The van der Waals surface area contributed by atoms with Gasteiger partial charge >= 0.3 is 0 Å². The Morgan fingerprint density at radius 2 is 1.50 bits per heavy atom. The Hall–Kier alpha value is 0.900. The highest BCUT2D eigenvalue weighted by atomic mass is 35.9. The van der Waals surface area contributed by atoms with E-state index < -0.39 is 9.29 Å². The van der Waals surface area contributed by atoms with Crippen molar-refractivity contribution in [2.75, 3.05) is 0 Å². The number of nitrogens with zero attached hydrogens (tertiary/aromatic N) is 1. The molecule has 0 saturated carbocycles. The molecule has 0 heterocycles. The second kappa shape index (κ2) is 4.82. The molecule has 1 aromatic rings. The van der Waals surface area contributed by atoms with Crippen LogP contribution in [0.5, 0.6) is 0 Å². The molecule has 0 aliphatic heterocycles. The second-order valence-corrected chi connectivity index (χ2v) is 10.8. The summed E-state index contributed by atoms with van der Waals surface area (Å²) in [7, 11) is 0. The van der Waals surface area contributed by atoms with Gasteiger partial charge in [0.1, 0.15) is 0 Å². The lowest BCUT2D eigenvalue weighted by Gasteiger charge is -2.17. The number of hydrogen-bond donors (Lipinski definition) is 0. The number of halogens is 5. The van der Waals surface area contributed by atoms with Crippen LogP contribution in [0.2, 0.25) is 0 Å². The SMILES string of the molecule is ClC(Cl)(Cl)P(Cl)(Cl)=Nc1ccccc1. The van der Waals surface area contributed by atoms with Gasteiger partial charge in [0.2, 0.25) is 0 Å². The van der Waals surface area contributed by atoms with E-state index in [1.54, 1.807) is 24.3 Å². The minimum atomic E-state index is -2.98. The predicted octanol–water partition coefficient (Wildman–Crippen LogP) is 6.15. The third-order valence-corrected chi connectivity index (χ3v) is 8.13. The number of benzene rings is 1. The Kier molecular flexibility index (Phi) is 4.47. The van der Waals surface area contributed by atoms with Crippen molar-refractivity contribution in [2.24, 2.45) is 4.74 Å². The summed E-state index contributed by atoms with van der Waals surface area (Å²) in [4.78, 5) is 0. The molecule has 0 amide bonds. The van der Waals surface area contributed by atoms with Gasteiger partial charge in [0, 0.05) is 0 Å². The molecule has 0 aliphatic rings. The first-order chi connectivity index (χ1) is 6.33. The fraction of sp³-hybridized carbons (Fsp3) is 0.143. The maximum absolute atomic E-state index is 5.86. The molecular weight excluding hydrogens is 306 g/mol. The van der Waals surface area contributed by atoms with E-state index in [1.165, 1.54) is 0 Å². The molecule has 0 bridgehead atoms. The van der Waals surface area contributed by atoms with E-state index in [9.17, 15) is 0 Å². The number of hydrogen-bond acceptors (Lipinski definition) is 1. The Balaban J connectivity index is 3.11. The van der Waals surface area contributed by atoms with Crippen LogP contribution in [-0.4, -0.2) is 3.53 Å². The standard InChI is InChI=1S/C7H5Cl5NP/c8-7(9,10)14(11,12)13-6-4-2-1-3-5-6/h1-5H. The van der Waals surface area contributed by atoms with E-state index in [0.717, 1.165) is 0 Å². The zero-order chi connectivity index (χ0) is 10.8. The van der Waals surface area contributed by atoms with Gasteiger partial charge in [-0.3, -0.25) is 0 Å². The van der Waals surface area contributed by atoms with Crippen molar-refractivity contribution in [1.29, 1.82) is 0 Å². The molecule has 0 fully saturated rings. The molecule has 0 aromatic heterocycles. The number of rotatable bonds is 1. The summed E-state index contributed by atoms with van der Waals surface area (Å²) in [5.74, 6) is -2.98. The van der Waals surface area contributed by atoms with E-state index in [1.807, 2.05) is 6.07 Å². The molecule has 0 spiro atoms. The first-order valence-corrected chi connectivity index (χ1v) is 8.15. The van der Waals surface area contributed by atoms with Crippen LogP contribution in [0.1, 0.15) is 0 Å². The second-order valence-electron chi connectivity index (χ2n) is 2.39. The molecule has 78 valence electrons. The highest BCUT2D eigenvalue weighted by Crippen LogP contribution is 2.76. The molecule has 14 heavy (non-hydrogen) atoms. The van der Waals surface area contributed by atoms with E-state index in [2.05, 4.69) is 4.74 Å². The smallest absolute Gasteiger partial charge is 0.233 e. The van der Waals surface area contributed by atoms with Crippen molar-refractivity contribution in [3.63, 3.8) is 0 Å². The summed E-state index contributed by atoms with van der Waals surface area (Å²) in [6.45, 7) is 0. The lowest BCUT2D eigenvalue weighted by molar-refractivity contribution is 1.54. The van der Waals surface area contributed by atoms with Crippen LogP contribution < -0.4 is 0 Å². The van der Waals surface area contributed by atoms with Gasteiger partial charge in [-0.25, -0.2) is 4.74 Å². The van der Waals surface area contributed by atoms with Crippen LogP contribution in [-0.2, 0) is 0 Å². The molecule has 1 rings (SSSR count). The van der Waals surface area contributed by atoms with Crippen LogP contribution in [0.3, 0.4) is 0 Å². The largest absolute Gasteiger partial charge is 0.251 e. The molecule has 0 saturated heterocycles. The lowest BCUT2D eigenvalue weighted by Crippen LogP contribution is -1.93. The molecule has 0 atom stereocenters. The quantitative estimate of drug-likeness (QED) is 0.435. The van der Waals surface area contributed by atoms with Crippen LogP contribution in [0.25, 0.3) is 0 Å². The topological polar surface area (TPSA) is 12.4 Å². The molecule has 1 aromatic carbocycles. The summed E-state index contributed by atoms with van der Waals surface area (Å²) in [5.41, 5.74) is 0.595. The molecule has 1 nitrogen and oxygen atoms in total. The third kappa shape index (κ3) is 3.48. The fourth-order valence-electron chi connectivity index (χ4n) is 0.696. The summed E-state index contributed by atoms with van der Waals surface area (Å²) in [5, 5.41) is 0. The minimum absolute atomic E-state index is 0.595. The van der Waals surface area contributed by atoms with E-state index >= 15 is 0 Å². The lowest BCUT2D eigenvalue weighted by atomic mass is 10.3. The third-order valence-electron chi connectivity index (χ3n) is 1.30. The Bertz CT molecular complexity index is 352. The highest BCUT2D eigenvalue weighted by Gasteiger charge is 2.38. The fourth-order valence-corrected chi connectivity index (χ4v) is 2.10. The van der Waals surface area contributed by atoms with E-state index in [0.29, 0.717) is 5.69 Å². The molecule has 0 radical (unpaired) electrons. The first-order valence-electron chi connectivity index (χ1n) is 3.46. The average Bonchev–Trinajstić information content (AvgIpc) is 2.03. The zero-order valence-electron chi connectivity index (χ0n) is 6.67. The van der Waals surface area contributed by atoms with Gasteiger partial charge in [0.25, 0.3) is 3.53 Å². The summed E-state index contributed by atoms with van der Waals surface area (Å²) < 4.78 is 2.25. The average molecular weight is 311 g/mol. The van der Waals surface area contributed by atoms with Crippen molar-refractivity contribution in [1.82, 2.24) is 0 Å². The zero-order valence-corrected chi connectivity index (χ0v) is 11.3. The minimum Gasteiger partial charge on any atom is -0.233 e. The van der Waals surface area contributed by atoms with Crippen LogP contribution in [0.4, 0.5) is 5.69 Å². The van der Waals surface area contributed by atoms with Crippen molar-refractivity contribution >= 4 is 68.7 Å². The molecule has 0 N–H and O–H groups in total. The maximum atomic E-state index is 5.86. The molecular formula is C7H5Cl5NP. The summed E-state index contributed by atoms with van der Waals surface area (Å²) in [6.07, 6.45) is 0. The molecule has 0 unspecified atom stereocenters. The van der Waals surface area contributed by atoms with Crippen molar-refractivity contribution in [3.05, 3.63) is 30.3 Å². The number of alkyl halides is 3. The molecule has 7 heteroatoms. The summed E-state index contributed by atoms with van der Waals surface area (Å²) >= 11 is 28.5. The first kappa shape index (κ1) is 13.0. The highest BCUT2D eigenvalue weighted by molar-refractivity contribution is 8.14. The van der Waals surface area contributed by atoms with E-state index in [4.69, 9.17) is 57.3 Å². The van der Waals surface area contributed by atoms with Gasteiger partial charge in [-0.15, -0.1) is 0 Å². The van der Waals surface area contributed by atoms with Gasteiger partial charge in [-0.2, -0.15) is 0 Å². The van der Waals surface area contributed by atoms with Crippen LogP contribution >= 0.6 is 63.0 Å². The Morgan fingerprint density at radius 3 is 1.93 bits per heavy atom.